The molecule has 20 heavy (non-hydrogen) atoms. The number of anilines is 1. The van der Waals surface area contributed by atoms with E-state index in [-0.39, 0.29) is 22.6 Å². The summed E-state index contributed by atoms with van der Waals surface area (Å²) in [6.45, 7) is 0. The van der Waals surface area contributed by atoms with Gasteiger partial charge in [-0.15, -0.1) is 0 Å². The first-order chi connectivity index (χ1) is 9.49. The predicted molar refractivity (Wildman–Crippen MR) is 69.4 cm³/mol. The van der Waals surface area contributed by atoms with Crippen molar-refractivity contribution in [2.24, 2.45) is 0 Å². The number of nitrogens with one attached hydrogen (secondary N) is 1. The van der Waals surface area contributed by atoms with Crippen LogP contribution in [-0.4, -0.2) is 22.1 Å². The fourth-order valence-corrected chi connectivity index (χ4v) is 1.66. The lowest BCUT2D eigenvalue weighted by molar-refractivity contribution is 0.0698. The van der Waals surface area contributed by atoms with Crippen LogP contribution in [0.3, 0.4) is 0 Å². The van der Waals surface area contributed by atoms with Gasteiger partial charge in [0, 0.05) is 6.07 Å². The van der Waals surface area contributed by atoms with E-state index in [1.54, 1.807) is 6.07 Å². The molecule has 3 N–H and O–H groups in total. The highest BCUT2D eigenvalue weighted by Gasteiger charge is 2.16. The molecule has 0 saturated carbocycles. The molecule has 0 aliphatic heterocycles. The molecular weight excluding hydrogens is 265 g/mol. The number of phenols is 1. The number of carbonyl (C=O) groups is 2. The fraction of sp³-hybridized carbons (Fsp3) is 0. The van der Waals surface area contributed by atoms with E-state index in [0.29, 0.717) is 0 Å². The van der Waals surface area contributed by atoms with Crippen LogP contribution in [0.2, 0.25) is 0 Å². The Hall–Kier alpha value is -2.89. The molecule has 0 heterocycles. The molecule has 0 atom stereocenters. The Labute approximate surface area is 113 Å². The van der Waals surface area contributed by atoms with E-state index in [4.69, 9.17) is 10.2 Å². The molecule has 5 nitrogen and oxygen atoms in total. The van der Waals surface area contributed by atoms with Crippen LogP contribution in [0.25, 0.3) is 0 Å². The molecule has 1 amide bonds. The van der Waals surface area contributed by atoms with Crippen molar-refractivity contribution in [1.29, 1.82) is 0 Å². The first-order valence-electron chi connectivity index (χ1n) is 5.61. The van der Waals surface area contributed by atoms with Crippen molar-refractivity contribution in [1.82, 2.24) is 0 Å². The van der Waals surface area contributed by atoms with Crippen LogP contribution < -0.4 is 5.32 Å². The molecule has 0 fully saturated rings. The lowest BCUT2D eigenvalue weighted by atomic mass is 10.1. The van der Waals surface area contributed by atoms with Gasteiger partial charge in [-0.3, -0.25) is 4.79 Å². The number of hydrogen-bond acceptors (Lipinski definition) is 3. The highest BCUT2D eigenvalue weighted by molar-refractivity contribution is 6.07. The maximum Gasteiger partial charge on any atom is 0.337 e. The van der Waals surface area contributed by atoms with Gasteiger partial charge < -0.3 is 15.5 Å². The van der Waals surface area contributed by atoms with Crippen LogP contribution in [0, 0.1) is 5.82 Å². The number of benzene rings is 2. The van der Waals surface area contributed by atoms with Crippen LogP contribution in [-0.2, 0) is 0 Å². The van der Waals surface area contributed by atoms with Gasteiger partial charge in [0.1, 0.15) is 11.6 Å². The zero-order chi connectivity index (χ0) is 14.7. The second kappa shape index (κ2) is 5.40. The van der Waals surface area contributed by atoms with Crippen LogP contribution in [0.1, 0.15) is 20.7 Å². The number of aromatic carboxylic acids is 1. The number of halogens is 1. The molecule has 0 unspecified atom stereocenters. The molecular formula is C14H10FNO4. The molecule has 0 aliphatic carbocycles. The van der Waals surface area contributed by atoms with Crippen molar-refractivity contribution in [2.45, 2.75) is 0 Å². The maximum absolute atomic E-state index is 13.5. The monoisotopic (exact) mass is 275 g/mol. The van der Waals surface area contributed by atoms with Gasteiger partial charge in [-0.1, -0.05) is 12.1 Å². The van der Waals surface area contributed by atoms with Gasteiger partial charge in [-0.05, 0) is 24.3 Å². The standard InChI is InChI=1S/C14H10FNO4/c15-11-7-8(17)5-6-9(11)13(18)16-12-4-2-1-3-10(12)14(19)20/h1-7,17H,(H,16,18)(H,19,20). The Bertz CT molecular complexity index is 685. The number of phenolic OH excluding ortho intramolecular Hbond substituents is 1. The van der Waals surface area contributed by atoms with Gasteiger partial charge in [0.05, 0.1) is 16.8 Å². The van der Waals surface area contributed by atoms with E-state index in [2.05, 4.69) is 5.32 Å². The minimum absolute atomic E-state index is 0.0671. The van der Waals surface area contributed by atoms with Gasteiger partial charge in [-0.25, -0.2) is 9.18 Å². The van der Waals surface area contributed by atoms with E-state index >= 15 is 0 Å². The van der Waals surface area contributed by atoms with E-state index in [0.717, 1.165) is 12.1 Å². The van der Waals surface area contributed by atoms with Gasteiger partial charge >= 0.3 is 5.97 Å². The second-order valence-corrected chi connectivity index (χ2v) is 3.97. The number of carboxylic acid groups (broad SMARTS) is 1. The number of hydrogen-bond donors (Lipinski definition) is 3. The molecule has 6 heteroatoms. The maximum atomic E-state index is 13.5. The van der Waals surface area contributed by atoms with Crippen molar-refractivity contribution in [3.05, 3.63) is 59.4 Å². The van der Waals surface area contributed by atoms with Crippen molar-refractivity contribution in [3.8, 4) is 5.75 Å². The largest absolute Gasteiger partial charge is 0.508 e. The van der Waals surface area contributed by atoms with E-state index in [1.165, 1.54) is 24.3 Å². The first-order valence-corrected chi connectivity index (χ1v) is 5.61. The molecule has 2 rings (SSSR count). The molecule has 0 aliphatic rings. The van der Waals surface area contributed by atoms with Crippen molar-refractivity contribution >= 4 is 17.6 Å². The summed E-state index contributed by atoms with van der Waals surface area (Å²) in [4.78, 5) is 22.9. The summed E-state index contributed by atoms with van der Waals surface area (Å²) in [5.41, 5.74) is -0.319. The number of carbonyl (C=O) groups excluding carboxylic acids is 1. The zero-order valence-corrected chi connectivity index (χ0v) is 10.1. The minimum atomic E-state index is -1.20. The van der Waals surface area contributed by atoms with Gasteiger partial charge in [0.25, 0.3) is 5.91 Å². The summed E-state index contributed by atoms with van der Waals surface area (Å²) in [6.07, 6.45) is 0. The van der Waals surface area contributed by atoms with Crippen LogP contribution in [0.15, 0.2) is 42.5 Å². The Balaban J connectivity index is 2.30. The molecule has 102 valence electrons. The predicted octanol–water partition coefficient (Wildman–Crippen LogP) is 2.48. The van der Waals surface area contributed by atoms with Gasteiger partial charge in [-0.2, -0.15) is 0 Å². The number of para-hydroxylation sites is 1. The summed E-state index contributed by atoms with van der Waals surface area (Å²) >= 11 is 0. The normalized spacial score (nSPS) is 10.1. The quantitative estimate of drug-likeness (QED) is 0.803. The second-order valence-electron chi connectivity index (χ2n) is 3.97. The third-order valence-electron chi connectivity index (χ3n) is 2.60. The van der Waals surface area contributed by atoms with Crippen molar-refractivity contribution < 1.29 is 24.2 Å². The van der Waals surface area contributed by atoms with Crippen LogP contribution in [0.4, 0.5) is 10.1 Å². The Kier molecular flexibility index (Phi) is 3.65. The number of rotatable bonds is 3. The first kappa shape index (κ1) is 13.5. The SMILES string of the molecule is O=C(Nc1ccccc1C(=O)O)c1ccc(O)cc1F. The van der Waals surface area contributed by atoms with Crippen molar-refractivity contribution in [2.75, 3.05) is 5.32 Å². The van der Waals surface area contributed by atoms with E-state index in [9.17, 15) is 14.0 Å². The van der Waals surface area contributed by atoms with Gasteiger partial charge in [0.2, 0.25) is 0 Å². The topological polar surface area (TPSA) is 86.6 Å². The highest BCUT2D eigenvalue weighted by atomic mass is 19.1. The zero-order valence-electron chi connectivity index (χ0n) is 10.1. The molecule has 0 saturated heterocycles. The van der Waals surface area contributed by atoms with Gasteiger partial charge in [0.15, 0.2) is 0 Å². The van der Waals surface area contributed by atoms with E-state index in [1.807, 2.05) is 0 Å². The molecule has 2 aromatic rings. The number of amides is 1. The molecule has 0 radical (unpaired) electrons. The lowest BCUT2D eigenvalue weighted by Crippen LogP contribution is -2.16. The third-order valence-corrected chi connectivity index (χ3v) is 2.60. The summed E-state index contributed by atoms with van der Waals surface area (Å²) in [5.74, 6) is -3.19. The molecule has 0 spiro atoms. The summed E-state index contributed by atoms with van der Waals surface area (Å²) < 4.78 is 13.5. The highest BCUT2D eigenvalue weighted by Crippen LogP contribution is 2.19. The summed E-state index contributed by atoms with van der Waals surface area (Å²) in [6, 6.07) is 8.88. The van der Waals surface area contributed by atoms with Crippen molar-refractivity contribution in [3.63, 3.8) is 0 Å². The Morgan fingerprint density at radius 1 is 1.05 bits per heavy atom. The summed E-state index contributed by atoms with van der Waals surface area (Å²) in [5, 5.41) is 20.4. The molecule has 0 aromatic heterocycles. The Morgan fingerprint density at radius 2 is 1.75 bits per heavy atom. The van der Waals surface area contributed by atoms with E-state index < -0.39 is 17.7 Å². The van der Waals surface area contributed by atoms with Crippen LogP contribution in [0.5, 0.6) is 5.75 Å². The Morgan fingerprint density at radius 3 is 2.40 bits per heavy atom. The molecule has 0 bridgehead atoms. The minimum Gasteiger partial charge on any atom is -0.508 e. The molecule has 2 aromatic carbocycles. The number of aromatic hydroxyl groups is 1. The van der Waals surface area contributed by atoms with Crippen LogP contribution >= 0.6 is 0 Å². The lowest BCUT2D eigenvalue weighted by Gasteiger charge is -2.09. The summed E-state index contributed by atoms with van der Waals surface area (Å²) in [7, 11) is 0. The fourth-order valence-electron chi connectivity index (χ4n) is 1.66. The number of carboxylic acids is 1. The average molecular weight is 275 g/mol. The average Bonchev–Trinajstić information content (AvgIpc) is 2.38. The smallest absolute Gasteiger partial charge is 0.337 e. The third kappa shape index (κ3) is 2.74.